The molecule has 0 aliphatic rings. The van der Waals surface area contributed by atoms with Crippen LogP contribution in [0, 0.1) is 11.8 Å². The first-order valence-electron chi connectivity index (χ1n) is 4.39. The van der Waals surface area contributed by atoms with Gasteiger partial charge in [-0.25, -0.2) is 0 Å². The molecule has 0 aliphatic heterocycles. The molecule has 1 aromatic rings. The Morgan fingerprint density at radius 3 is 2.27 bits per heavy atom. The van der Waals surface area contributed by atoms with Crippen LogP contribution in [0.3, 0.4) is 0 Å². The van der Waals surface area contributed by atoms with Gasteiger partial charge in [-0.3, -0.25) is 0 Å². The van der Waals surface area contributed by atoms with Crippen molar-refractivity contribution in [1.82, 2.24) is 0 Å². The summed E-state index contributed by atoms with van der Waals surface area (Å²) in [5.41, 5.74) is 2.19. The van der Waals surface area contributed by atoms with Crippen LogP contribution < -0.4 is 4.90 Å². The van der Waals surface area contributed by atoms with E-state index in [2.05, 4.69) is 60.7 Å². The van der Waals surface area contributed by atoms with Gasteiger partial charge in [0.05, 0.1) is 3.39 Å². The highest BCUT2D eigenvalue weighted by atomic mass is 79.9. The zero-order chi connectivity index (χ0) is 11.3. The predicted octanol–water partition coefficient (Wildman–Crippen LogP) is 3.74. The van der Waals surface area contributed by atoms with Gasteiger partial charge in [-0.15, -0.1) is 0 Å². The maximum atomic E-state index is 3.25. The van der Waals surface area contributed by atoms with Crippen molar-refractivity contribution in [3.63, 3.8) is 0 Å². The van der Waals surface area contributed by atoms with Gasteiger partial charge in [0.25, 0.3) is 0 Å². The summed E-state index contributed by atoms with van der Waals surface area (Å²) in [6, 6.07) is 8.13. The molecular formula is C12H11Br2N. The Morgan fingerprint density at radius 2 is 1.80 bits per heavy atom. The van der Waals surface area contributed by atoms with E-state index in [0.717, 1.165) is 8.96 Å². The zero-order valence-corrected chi connectivity index (χ0v) is 11.8. The molecule has 0 spiro atoms. The third-order valence-electron chi connectivity index (χ3n) is 1.78. The summed E-state index contributed by atoms with van der Waals surface area (Å²) in [7, 11) is 4.04. The molecule has 0 fully saturated rings. The number of halogens is 2. The van der Waals surface area contributed by atoms with Gasteiger partial charge >= 0.3 is 0 Å². The van der Waals surface area contributed by atoms with Crippen molar-refractivity contribution in [2.75, 3.05) is 19.0 Å². The Kier molecular flexibility index (Phi) is 4.93. The Morgan fingerprint density at radius 1 is 1.20 bits per heavy atom. The lowest BCUT2D eigenvalue weighted by Crippen LogP contribution is -2.07. The number of hydrogen-bond donors (Lipinski definition) is 0. The molecule has 0 heterocycles. The van der Waals surface area contributed by atoms with Gasteiger partial charge in [0.15, 0.2) is 0 Å². The molecule has 0 aromatic heterocycles. The fourth-order valence-corrected chi connectivity index (χ4v) is 1.25. The van der Waals surface area contributed by atoms with Crippen LogP contribution in [0.25, 0.3) is 0 Å². The molecule has 1 aromatic carbocycles. The van der Waals surface area contributed by atoms with Crippen molar-refractivity contribution in [3.05, 3.63) is 39.3 Å². The first-order chi connectivity index (χ1) is 7.09. The second kappa shape index (κ2) is 5.99. The standard InChI is InChI=1S/C12H11Br2N/c1-15(2)11-8-6-10(7-9-11)4-3-5-12(13)14/h5-9H,1-2H3. The van der Waals surface area contributed by atoms with E-state index in [-0.39, 0.29) is 0 Å². The molecule has 0 saturated heterocycles. The predicted molar refractivity (Wildman–Crippen MR) is 73.6 cm³/mol. The monoisotopic (exact) mass is 327 g/mol. The van der Waals surface area contributed by atoms with Crippen LogP contribution in [0.15, 0.2) is 33.7 Å². The normalized spacial score (nSPS) is 8.80. The summed E-state index contributed by atoms with van der Waals surface area (Å²) >= 11 is 6.49. The SMILES string of the molecule is CN(C)c1ccc(C#CC=C(Br)Br)cc1. The molecule has 0 radical (unpaired) electrons. The molecule has 0 N–H and O–H groups in total. The number of anilines is 1. The molecule has 0 atom stereocenters. The molecule has 78 valence electrons. The van der Waals surface area contributed by atoms with E-state index in [9.17, 15) is 0 Å². The summed E-state index contributed by atoms with van der Waals surface area (Å²) in [5, 5.41) is 0. The highest BCUT2D eigenvalue weighted by Crippen LogP contribution is 2.12. The molecular weight excluding hydrogens is 318 g/mol. The molecule has 1 rings (SSSR count). The third kappa shape index (κ3) is 4.55. The molecule has 0 unspecified atom stereocenters. The van der Waals surface area contributed by atoms with E-state index >= 15 is 0 Å². The highest BCUT2D eigenvalue weighted by molar-refractivity contribution is 9.28. The Balaban J connectivity index is 2.80. The number of benzene rings is 1. The van der Waals surface area contributed by atoms with Crippen LogP contribution in [0.5, 0.6) is 0 Å². The average Bonchev–Trinajstić information content (AvgIpc) is 2.18. The fraction of sp³-hybridized carbons (Fsp3) is 0.167. The summed E-state index contributed by atoms with van der Waals surface area (Å²) < 4.78 is 0.854. The zero-order valence-electron chi connectivity index (χ0n) is 8.59. The minimum Gasteiger partial charge on any atom is -0.378 e. The Hall–Kier alpha value is -0.720. The highest BCUT2D eigenvalue weighted by Gasteiger charge is 1.92. The second-order valence-electron chi connectivity index (χ2n) is 3.14. The van der Waals surface area contributed by atoms with Crippen molar-refractivity contribution in [3.8, 4) is 11.8 Å². The van der Waals surface area contributed by atoms with Crippen molar-refractivity contribution in [1.29, 1.82) is 0 Å². The minimum absolute atomic E-state index is 0.854. The summed E-state index contributed by atoms with van der Waals surface area (Å²) in [5.74, 6) is 5.97. The van der Waals surface area contributed by atoms with Gasteiger partial charge in [0.2, 0.25) is 0 Å². The number of allylic oxidation sites excluding steroid dienone is 1. The smallest absolute Gasteiger partial charge is 0.0687 e. The van der Waals surface area contributed by atoms with Gasteiger partial charge in [-0.1, -0.05) is 11.8 Å². The van der Waals surface area contributed by atoms with E-state index in [1.165, 1.54) is 5.69 Å². The van der Waals surface area contributed by atoms with E-state index in [1.807, 2.05) is 26.2 Å². The van der Waals surface area contributed by atoms with Crippen molar-refractivity contribution in [2.24, 2.45) is 0 Å². The molecule has 3 heteroatoms. The maximum absolute atomic E-state index is 3.25. The Labute approximate surface area is 107 Å². The van der Waals surface area contributed by atoms with E-state index < -0.39 is 0 Å². The van der Waals surface area contributed by atoms with Gasteiger partial charge < -0.3 is 4.90 Å². The van der Waals surface area contributed by atoms with Gasteiger partial charge in [0.1, 0.15) is 0 Å². The van der Waals surface area contributed by atoms with Crippen LogP contribution in [-0.4, -0.2) is 14.1 Å². The lowest BCUT2D eigenvalue weighted by atomic mass is 10.2. The van der Waals surface area contributed by atoms with Crippen molar-refractivity contribution < 1.29 is 0 Å². The van der Waals surface area contributed by atoms with Gasteiger partial charge in [-0.05, 0) is 56.1 Å². The van der Waals surface area contributed by atoms with Crippen LogP contribution in [0.2, 0.25) is 0 Å². The number of nitrogens with zero attached hydrogens (tertiary/aromatic N) is 1. The second-order valence-corrected chi connectivity index (χ2v) is 5.92. The summed E-state index contributed by atoms with van der Waals surface area (Å²) in [4.78, 5) is 2.06. The summed E-state index contributed by atoms with van der Waals surface area (Å²) in [6.45, 7) is 0. The topological polar surface area (TPSA) is 3.24 Å². The van der Waals surface area contributed by atoms with Crippen molar-refractivity contribution >= 4 is 37.5 Å². The van der Waals surface area contributed by atoms with Gasteiger partial charge in [0, 0.05) is 31.4 Å². The number of rotatable bonds is 1. The van der Waals surface area contributed by atoms with Crippen molar-refractivity contribution in [2.45, 2.75) is 0 Å². The van der Waals surface area contributed by atoms with Gasteiger partial charge in [-0.2, -0.15) is 0 Å². The van der Waals surface area contributed by atoms with Crippen LogP contribution in [0.4, 0.5) is 5.69 Å². The quantitative estimate of drug-likeness (QED) is 0.710. The molecule has 0 bridgehead atoms. The van der Waals surface area contributed by atoms with Crippen LogP contribution in [-0.2, 0) is 0 Å². The maximum Gasteiger partial charge on any atom is 0.0687 e. The van der Waals surface area contributed by atoms with Crippen LogP contribution in [0.1, 0.15) is 5.56 Å². The molecule has 15 heavy (non-hydrogen) atoms. The lowest BCUT2D eigenvalue weighted by molar-refractivity contribution is 1.13. The molecule has 0 aliphatic carbocycles. The van der Waals surface area contributed by atoms with E-state index in [4.69, 9.17) is 0 Å². The van der Waals surface area contributed by atoms with E-state index in [1.54, 1.807) is 6.08 Å². The summed E-state index contributed by atoms with van der Waals surface area (Å²) in [6.07, 6.45) is 1.76. The number of hydrogen-bond acceptors (Lipinski definition) is 1. The first kappa shape index (κ1) is 12.4. The van der Waals surface area contributed by atoms with Crippen LogP contribution >= 0.6 is 31.9 Å². The molecule has 1 nitrogen and oxygen atoms in total. The molecule has 0 amide bonds. The largest absolute Gasteiger partial charge is 0.378 e. The average molecular weight is 329 g/mol. The minimum atomic E-state index is 0.854. The third-order valence-corrected chi connectivity index (χ3v) is 2.24. The van der Waals surface area contributed by atoms with E-state index in [0.29, 0.717) is 0 Å². The first-order valence-corrected chi connectivity index (χ1v) is 5.98. The fourth-order valence-electron chi connectivity index (χ4n) is 1.02. The Bertz CT molecular complexity index is 403. The lowest BCUT2D eigenvalue weighted by Gasteiger charge is -2.11. The molecule has 0 saturated carbocycles.